The van der Waals surface area contributed by atoms with Gasteiger partial charge in [0.05, 0.1) is 12.5 Å². The molecule has 19 N–H and O–H groups in total. The van der Waals surface area contributed by atoms with Crippen LogP contribution in [0, 0.1) is 29.6 Å². The Morgan fingerprint density at radius 2 is 1.15 bits per heavy atom. The zero-order valence-electron chi connectivity index (χ0n) is 52.9. The van der Waals surface area contributed by atoms with Gasteiger partial charge < -0.3 is 85.6 Å². The van der Waals surface area contributed by atoms with Crippen molar-refractivity contribution in [2.75, 3.05) is 13.1 Å². The zero-order valence-corrected chi connectivity index (χ0v) is 52.9. The zero-order chi connectivity index (χ0) is 67.0. The smallest absolute Gasteiger partial charge is 0.326 e. The second-order valence-corrected chi connectivity index (χ2v) is 24.3. The van der Waals surface area contributed by atoms with Crippen molar-refractivity contribution >= 4 is 87.9 Å². The van der Waals surface area contributed by atoms with E-state index in [1.54, 1.807) is 92.8 Å². The fraction of sp³-hybridized carbons (Fsp3) is 0.650. The number of amides is 10. The van der Waals surface area contributed by atoms with Gasteiger partial charge in [0, 0.05) is 43.0 Å². The Morgan fingerprint density at radius 1 is 0.629 bits per heavy atom. The van der Waals surface area contributed by atoms with Crippen LogP contribution >= 0.6 is 0 Å². The second kappa shape index (κ2) is 36.2. The number of carbonyl (C=O) groups excluding carboxylic acids is 10. The molecule has 3 rings (SSSR count). The first-order valence-corrected chi connectivity index (χ1v) is 30.6. The topological polar surface area (TPSA) is 477 Å². The van der Waals surface area contributed by atoms with Crippen LogP contribution in [0.3, 0.4) is 0 Å². The van der Waals surface area contributed by atoms with Crippen LogP contribution in [0.1, 0.15) is 145 Å². The van der Waals surface area contributed by atoms with Gasteiger partial charge in [0.25, 0.3) is 0 Å². The summed E-state index contributed by atoms with van der Waals surface area (Å²) in [5.74, 6) is -13.2. The monoisotopic (exact) mass is 1250 g/mol. The first kappa shape index (κ1) is 74.9. The number of primary amides is 1. The van der Waals surface area contributed by atoms with Gasteiger partial charge in [0.15, 0.2) is 5.96 Å². The predicted molar refractivity (Wildman–Crippen MR) is 331 cm³/mol. The number of nitrogens with zero attached hydrogens (tertiary/aromatic N) is 2. The SMILES string of the molecule is CC[C@H](C)[C@H](NC(=O)[C@H](CCCN=C(N)N)NC(=O)[C@H](CCC(=O)O)NC(=O)[C@H](CC(C)C)NC(=O)[C@H](CC(N)=O)NC(=O)[C@H](Cc1c[nH]c2ccccc12)NC(=O)[C@@H]1CCCN1C(=O)[C@@H](NC(=O)[C@@H](N)C(C)C)[C@@H](C)CC)C(=O)N[C@@H](CC(C)C)C(=O)O. The number of aromatic nitrogens is 1. The van der Waals surface area contributed by atoms with Crippen LogP contribution in [-0.2, 0) is 64.0 Å². The molecule has 29 heteroatoms. The Balaban J connectivity index is 2.00. The second-order valence-electron chi connectivity index (χ2n) is 24.3. The first-order valence-electron chi connectivity index (χ1n) is 30.6. The van der Waals surface area contributed by atoms with Crippen LogP contribution in [0.4, 0.5) is 0 Å². The average Bonchev–Trinajstić information content (AvgIpc) is 3.76. The summed E-state index contributed by atoms with van der Waals surface area (Å²) in [5.41, 5.74) is 24.1. The van der Waals surface area contributed by atoms with Crippen molar-refractivity contribution in [2.45, 2.75) is 207 Å². The van der Waals surface area contributed by atoms with Gasteiger partial charge in [0.2, 0.25) is 59.1 Å². The summed E-state index contributed by atoms with van der Waals surface area (Å²) in [6.07, 6.45) is 0.750. The van der Waals surface area contributed by atoms with E-state index in [1.165, 1.54) is 4.90 Å². The van der Waals surface area contributed by atoms with E-state index < -0.39 is 157 Å². The Labute approximate surface area is 519 Å². The molecule has 29 nitrogen and oxygen atoms in total. The molecule has 0 spiro atoms. The van der Waals surface area contributed by atoms with Crippen LogP contribution < -0.4 is 65.5 Å². The molecule has 2 heterocycles. The number of fused-ring (bicyclic) bond motifs is 1. The molecule has 2 aromatic rings. The number of hydrogen-bond acceptors (Lipinski definition) is 14. The summed E-state index contributed by atoms with van der Waals surface area (Å²) in [6, 6.07) is -6.44. The molecule has 1 aliphatic heterocycles. The molecule has 0 saturated carbocycles. The van der Waals surface area contributed by atoms with E-state index >= 15 is 0 Å². The Bertz CT molecular complexity index is 2820. The number of para-hydroxylation sites is 1. The van der Waals surface area contributed by atoms with Crippen molar-refractivity contribution < 1.29 is 67.7 Å². The van der Waals surface area contributed by atoms with Crippen molar-refractivity contribution in [3.8, 4) is 0 Å². The lowest BCUT2D eigenvalue weighted by Crippen LogP contribution is -2.61. The van der Waals surface area contributed by atoms with Gasteiger partial charge in [-0.2, -0.15) is 0 Å². The molecule has 0 radical (unpaired) electrons. The number of H-pyrrole nitrogens is 1. The summed E-state index contributed by atoms with van der Waals surface area (Å²) in [5, 5.41) is 41.1. The summed E-state index contributed by atoms with van der Waals surface area (Å²) in [6.45, 7) is 17.7. The first-order chi connectivity index (χ1) is 41.8. The lowest BCUT2D eigenvalue weighted by molar-refractivity contribution is -0.143. The minimum Gasteiger partial charge on any atom is -0.481 e. The number of rotatable bonds is 38. The molecule has 0 aliphatic carbocycles. The van der Waals surface area contributed by atoms with Crippen molar-refractivity contribution in [3.63, 3.8) is 0 Å². The normalized spacial score (nSPS) is 16.8. The highest BCUT2D eigenvalue weighted by molar-refractivity contribution is 6.00. The van der Waals surface area contributed by atoms with E-state index in [0.717, 1.165) is 0 Å². The highest BCUT2D eigenvalue weighted by Crippen LogP contribution is 2.24. The fourth-order valence-corrected chi connectivity index (χ4v) is 10.1. The average molecular weight is 1250 g/mol. The molecule has 0 bridgehead atoms. The molecule has 0 unspecified atom stereocenters. The summed E-state index contributed by atoms with van der Waals surface area (Å²) < 4.78 is 0. The molecule has 10 amide bonds. The number of carbonyl (C=O) groups is 12. The molecule has 1 fully saturated rings. The van der Waals surface area contributed by atoms with Crippen LogP contribution in [0.5, 0.6) is 0 Å². The minimum absolute atomic E-state index is 0.0161. The number of aliphatic imine (C=N–C) groups is 1. The largest absolute Gasteiger partial charge is 0.481 e. The molecule has 1 aromatic heterocycles. The highest BCUT2D eigenvalue weighted by atomic mass is 16.4. The fourth-order valence-electron chi connectivity index (χ4n) is 10.1. The number of hydrogen-bond donors (Lipinski definition) is 15. The third kappa shape index (κ3) is 23.9. The van der Waals surface area contributed by atoms with Gasteiger partial charge in [-0.15, -0.1) is 0 Å². The van der Waals surface area contributed by atoms with Gasteiger partial charge in [-0.05, 0) is 86.2 Å². The maximum absolute atomic E-state index is 14.7. The Hall–Kier alpha value is -8.37. The van der Waals surface area contributed by atoms with E-state index in [4.69, 9.17) is 22.9 Å². The Kier molecular flexibility index (Phi) is 30.5. The number of benzene rings is 1. The van der Waals surface area contributed by atoms with E-state index in [0.29, 0.717) is 35.7 Å². The molecule has 1 aliphatic rings. The standard InChI is InChI=1S/C60H97N15O14/c1-11-33(9)48(57(86)72-43(59(88)89)26-31(5)6)73-51(80)38(19-15-23-65-60(63)64)67-50(79)39(21-22-46(77)78)68-52(81)40(25-30(3)4)69-54(83)42(28-45(61)76)70-53(82)41(27-35-29-66-37-18-14-13-17-36(35)37)71-55(84)44-20-16-24-75(44)58(87)49(34(10)12-2)74-56(85)47(62)32(7)8/h13-14,17-18,29-34,38-44,47-49,66H,11-12,15-16,19-28,62H2,1-10H3,(H2,61,76)(H,67,79)(H,68,81)(H,69,83)(H,70,82)(H,71,84)(H,72,86)(H,73,80)(H,74,85)(H,77,78)(H,88,89)(H4,63,64,65)/t33-,34-,38-,39-,40-,41-,42-,43-,44-,47-,48-,49-/m0/s1. The van der Waals surface area contributed by atoms with Crippen molar-refractivity contribution in [2.24, 2.45) is 57.5 Å². The maximum atomic E-state index is 14.7. The van der Waals surface area contributed by atoms with E-state index in [-0.39, 0.29) is 81.2 Å². The van der Waals surface area contributed by atoms with Crippen LogP contribution in [0.2, 0.25) is 0 Å². The molecular weight excluding hydrogens is 1150 g/mol. The summed E-state index contributed by atoms with van der Waals surface area (Å²) >= 11 is 0. The maximum Gasteiger partial charge on any atom is 0.326 e. The van der Waals surface area contributed by atoms with Crippen molar-refractivity contribution in [1.82, 2.24) is 52.4 Å². The molecule has 1 saturated heterocycles. The number of nitrogens with two attached hydrogens (primary N) is 4. The van der Waals surface area contributed by atoms with Gasteiger partial charge in [-0.3, -0.25) is 57.7 Å². The van der Waals surface area contributed by atoms with Gasteiger partial charge in [-0.1, -0.05) is 100 Å². The number of aliphatic carboxylic acids is 2. The Morgan fingerprint density at radius 3 is 1.72 bits per heavy atom. The molecule has 1 aromatic carbocycles. The van der Waals surface area contributed by atoms with E-state index in [9.17, 15) is 67.7 Å². The number of carboxylic acids is 2. The summed E-state index contributed by atoms with van der Waals surface area (Å²) in [7, 11) is 0. The third-order valence-corrected chi connectivity index (χ3v) is 15.7. The number of guanidine groups is 1. The van der Waals surface area contributed by atoms with Crippen LogP contribution in [-0.4, -0.2) is 171 Å². The third-order valence-electron chi connectivity index (χ3n) is 15.7. The lowest BCUT2D eigenvalue weighted by atomic mass is 9.96. The quantitative estimate of drug-likeness (QED) is 0.0232. The number of nitrogens with one attached hydrogen (secondary N) is 9. The van der Waals surface area contributed by atoms with Crippen molar-refractivity contribution in [3.05, 3.63) is 36.0 Å². The van der Waals surface area contributed by atoms with Gasteiger partial charge in [0.1, 0.15) is 54.4 Å². The minimum atomic E-state index is -1.79. The molecule has 12 atom stereocenters. The molecule has 89 heavy (non-hydrogen) atoms. The van der Waals surface area contributed by atoms with Crippen molar-refractivity contribution in [1.29, 1.82) is 0 Å². The number of carboxylic acid groups (broad SMARTS) is 2. The number of aromatic amines is 1. The van der Waals surface area contributed by atoms with Crippen LogP contribution in [0.25, 0.3) is 10.9 Å². The van der Waals surface area contributed by atoms with E-state index in [2.05, 4.69) is 52.5 Å². The summed E-state index contributed by atoms with van der Waals surface area (Å²) in [4.78, 5) is 173. The predicted octanol–water partition coefficient (Wildman–Crippen LogP) is -0.374. The molecular formula is C60H97N15O14. The van der Waals surface area contributed by atoms with Crippen LogP contribution in [0.15, 0.2) is 35.5 Å². The molecule has 496 valence electrons. The van der Waals surface area contributed by atoms with Gasteiger partial charge in [-0.25, -0.2) is 4.79 Å². The van der Waals surface area contributed by atoms with Gasteiger partial charge >= 0.3 is 11.9 Å². The number of likely N-dealkylation sites (tertiary alicyclic amines) is 1. The lowest BCUT2D eigenvalue weighted by Gasteiger charge is -2.33. The van der Waals surface area contributed by atoms with E-state index in [1.807, 2.05) is 6.92 Å². The highest BCUT2D eigenvalue weighted by Gasteiger charge is 2.42.